The number of rotatable bonds is 4. The van der Waals surface area contributed by atoms with Crippen molar-refractivity contribution in [2.24, 2.45) is 11.8 Å². The molecule has 2 amide bonds. The summed E-state index contributed by atoms with van der Waals surface area (Å²) in [6, 6.07) is 1.03. The molecule has 4 atom stereocenters. The van der Waals surface area contributed by atoms with E-state index < -0.39 is 0 Å². The Labute approximate surface area is 129 Å². The number of nitrogens with zero attached hydrogens (tertiary/aromatic N) is 1. The summed E-state index contributed by atoms with van der Waals surface area (Å²) in [5.41, 5.74) is 0. The van der Waals surface area contributed by atoms with Crippen LogP contribution in [0.4, 0.5) is 4.79 Å². The highest BCUT2D eigenvalue weighted by Crippen LogP contribution is 2.37. The average Bonchev–Trinajstić information content (AvgIpc) is 2.54. The molecule has 1 unspecified atom stereocenters. The van der Waals surface area contributed by atoms with Crippen molar-refractivity contribution in [1.82, 2.24) is 15.5 Å². The Bertz CT molecular complexity index is 354. The van der Waals surface area contributed by atoms with Gasteiger partial charge in [-0.1, -0.05) is 32.6 Å². The lowest BCUT2D eigenvalue weighted by Gasteiger charge is -2.50. The molecule has 120 valence electrons. The van der Waals surface area contributed by atoms with Crippen molar-refractivity contribution < 1.29 is 4.79 Å². The van der Waals surface area contributed by atoms with Crippen molar-refractivity contribution in [3.63, 3.8) is 0 Å². The van der Waals surface area contributed by atoms with E-state index in [1.807, 2.05) is 0 Å². The highest BCUT2D eigenvalue weighted by Gasteiger charge is 2.39. The van der Waals surface area contributed by atoms with Gasteiger partial charge in [0.15, 0.2) is 0 Å². The molecule has 3 heterocycles. The third-order valence-corrected chi connectivity index (χ3v) is 5.98. The largest absolute Gasteiger partial charge is 0.337 e. The molecule has 0 aromatic carbocycles. The van der Waals surface area contributed by atoms with E-state index in [0.717, 1.165) is 31.2 Å². The summed E-state index contributed by atoms with van der Waals surface area (Å²) in [6.45, 7) is 5.62. The van der Waals surface area contributed by atoms with Gasteiger partial charge in [0.25, 0.3) is 0 Å². The summed E-state index contributed by atoms with van der Waals surface area (Å²) < 4.78 is 0. The van der Waals surface area contributed by atoms with Gasteiger partial charge in [-0.3, -0.25) is 4.90 Å². The highest BCUT2D eigenvalue weighted by atomic mass is 16.2. The van der Waals surface area contributed by atoms with Crippen LogP contribution in [0.1, 0.15) is 58.3 Å². The van der Waals surface area contributed by atoms with Crippen molar-refractivity contribution in [2.45, 2.75) is 70.4 Å². The van der Waals surface area contributed by atoms with E-state index in [2.05, 4.69) is 22.5 Å². The molecule has 4 heteroatoms. The van der Waals surface area contributed by atoms with Crippen LogP contribution in [-0.2, 0) is 0 Å². The van der Waals surface area contributed by atoms with E-state index in [1.54, 1.807) is 0 Å². The average molecular weight is 293 g/mol. The van der Waals surface area contributed by atoms with E-state index in [1.165, 1.54) is 51.6 Å². The minimum Gasteiger partial charge on any atom is -0.337 e. The van der Waals surface area contributed by atoms with Crippen molar-refractivity contribution in [3.05, 3.63) is 0 Å². The lowest BCUT2D eigenvalue weighted by Crippen LogP contribution is -2.57. The van der Waals surface area contributed by atoms with Crippen LogP contribution < -0.4 is 10.6 Å². The van der Waals surface area contributed by atoms with Crippen molar-refractivity contribution in [1.29, 1.82) is 0 Å². The van der Waals surface area contributed by atoms with Crippen LogP contribution in [0.5, 0.6) is 0 Å². The molecule has 4 fully saturated rings. The van der Waals surface area contributed by atoms with Gasteiger partial charge in [0.2, 0.25) is 0 Å². The Balaban J connectivity index is 1.40. The van der Waals surface area contributed by atoms with Gasteiger partial charge < -0.3 is 10.6 Å². The molecule has 0 spiro atoms. The SMILES string of the molecule is CC[C@H]1CN2CC[C@@H]1C[C@@H]2CNC(=O)NC1CCCCC1. The van der Waals surface area contributed by atoms with E-state index >= 15 is 0 Å². The monoisotopic (exact) mass is 293 g/mol. The zero-order valence-electron chi connectivity index (χ0n) is 13.4. The van der Waals surface area contributed by atoms with Gasteiger partial charge in [-0.2, -0.15) is 0 Å². The zero-order valence-corrected chi connectivity index (χ0v) is 13.4. The van der Waals surface area contributed by atoms with E-state index in [4.69, 9.17) is 0 Å². The number of amides is 2. The summed E-state index contributed by atoms with van der Waals surface area (Å²) in [5, 5.41) is 6.28. The van der Waals surface area contributed by atoms with Gasteiger partial charge in [0, 0.05) is 25.2 Å². The molecular formula is C17H31N3O. The lowest BCUT2D eigenvalue weighted by atomic mass is 9.74. The van der Waals surface area contributed by atoms with Crippen molar-refractivity contribution in [2.75, 3.05) is 19.6 Å². The molecule has 1 saturated carbocycles. The molecule has 1 aliphatic carbocycles. The second-order valence-corrected chi connectivity index (χ2v) is 7.29. The zero-order chi connectivity index (χ0) is 14.7. The van der Waals surface area contributed by atoms with Crippen LogP contribution in [-0.4, -0.2) is 42.6 Å². The number of urea groups is 1. The minimum atomic E-state index is 0.0524. The maximum absolute atomic E-state index is 12.0. The Kier molecular flexibility index (Phi) is 5.04. The number of hydrogen-bond acceptors (Lipinski definition) is 2. The Morgan fingerprint density at radius 3 is 2.67 bits per heavy atom. The summed E-state index contributed by atoms with van der Waals surface area (Å²) in [5.74, 6) is 1.79. The van der Waals surface area contributed by atoms with Crippen LogP contribution in [0.3, 0.4) is 0 Å². The van der Waals surface area contributed by atoms with E-state index in [0.29, 0.717) is 12.1 Å². The maximum Gasteiger partial charge on any atom is 0.315 e. The minimum absolute atomic E-state index is 0.0524. The van der Waals surface area contributed by atoms with Crippen LogP contribution >= 0.6 is 0 Å². The van der Waals surface area contributed by atoms with Gasteiger partial charge in [0.1, 0.15) is 0 Å². The number of hydrogen-bond donors (Lipinski definition) is 2. The standard InChI is InChI=1S/C17H31N3O/c1-2-13-12-20-9-8-14(13)10-16(20)11-18-17(21)19-15-6-4-3-5-7-15/h13-16H,2-12H2,1H3,(H2,18,19,21)/t13-,14+,16+/m0/s1. The summed E-state index contributed by atoms with van der Waals surface area (Å²) in [7, 11) is 0. The van der Waals surface area contributed by atoms with Crippen LogP contribution in [0.2, 0.25) is 0 Å². The highest BCUT2D eigenvalue weighted by molar-refractivity contribution is 5.74. The maximum atomic E-state index is 12.0. The molecule has 0 aromatic heterocycles. The topological polar surface area (TPSA) is 44.4 Å². The molecule has 0 radical (unpaired) electrons. The first-order chi connectivity index (χ1) is 10.3. The smallest absolute Gasteiger partial charge is 0.315 e. The van der Waals surface area contributed by atoms with Gasteiger partial charge in [-0.15, -0.1) is 0 Å². The first-order valence-corrected chi connectivity index (χ1v) is 9.04. The summed E-state index contributed by atoms with van der Waals surface area (Å²) >= 11 is 0. The fraction of sp³-hybridized carbons (Fsp3) is 0.941. The molecule has 4 rings (SSSR count). The van der Waals surface area contributed by atoms with Crippen molar-refractivity contribution >= 4 is 6.03 Å². The summed E-state index contributed by atoms with van der Waals surface area (Å²) in [6.07, 6.45) is 10.1. The molecule has 4 nitrogen and oxygen atoms in total. The molecular weight excluding hydrogens is 262 g/mol. The van der Waals surface area contributed by atoms with Crippen LogP contribution in [0, 0.1) is 11.8 Å². The Morgan fingerprint density at radius 2 is 2.00 bits per heavy atom. The van der Waals surface area contributed by atoms with Crippen molar-refractivity contribution in [3.8, 4) is 0 Å². The Hall–Kier alpha value is -0.770. The molecule has 0 aromatic rings. The van der Waals surface area contributed by atoms with Gasteiger partial charge in [0.05, 0.1) is 0 Å². The van der Waals surface area contributed by atoms with Crippen LogP contribution in [0.15, 0.2) is 0 Å². The molecule has 21 heavy (non-hydrogen) atoms. The third kappa shape index (κ3) is 3.71. The lowest BCUT2D eigenvalue weighted by molar-refractivity contribution is 0.00141. The molecule has 4 aliphatic rings. The quantitative estimate of drug-likeness (QED) is 0.837. The first-order valence-electron chi connectivity index (χ1n) is 9.04. The molecule has 2 bridgehead atoms. The normalized spacial score (nSPS) is 36.4. The van der Waals surface area contributed by atoms with Gasteiger partial charge >= 0.3 is 6.03 Å². The fourth-order valence-corrected chi connectivity index (χ4v) is 4.62. The first kappa shape index (κ1) is 15.1. The number of nitrogens with one attached hydrogen (secondary N) is 2. The molecule has 3 aliphatic heterocycles. The second kappa shape index (κ2) is 6.99. The predicted octanol–water partition coefficient (Wildman–Crippen LogP) is 2.74. The van der Waals surface area contributed by atoms with Crippen LogP contribution in [0.25, 0.3) is 0 Å². The van der Waals surface area contributed by atoms with E-state index in [-0.39, 0.29) is 6.03 Å². The van der Waals surface area contributed by atoms with E-state index in [9.17, 15) is 4.79 Å². The second-order valence-electron chi connectivity index (χ2n) is 7.29. The van der Waals surface area contributed by atoms with Gasteiger partial charge in [-0.25, -0.2) is 4.79 Å². The number of piperidine rings is 3. The number of carbonyl (C=O) groups is 1. The summed E-state index contributed by atoms with van der Waals surface area (Å²) in [4.78, 5) is 14.6. The molecule has 3 saturated heterocycles. The predicted molar refractivity (Wildman–Crippen MR) is 85.3 cm³/mol. The number of fused-ring (bicyclic) bond motifs is 3. The number of carbonyl (C=O) groups excluding carboxylic acids is 1. The third-order valence-electron chi connectivity index (χ3n) is 5.98. The fourth-order valence-electron chi connectivity index (χ4n) is 4.62. The molecule has 2 N–H and O–H groups in total. The Morgan fingerprint density at radius 1 is 1.19 bits per heavy atom. The van der Waals surface area contributed by atoms with Gasteiger partial charge in [-0.05, 0) is 44.1 Å².